The van der Waals surface area contributed by atoms with Gasteiger partial charge in [0, 0.05) is 18.7 Å². The first kappa shape index (κ1) is 27.0. The highest BCUT2D eigenvalue weighted by atomic mass is 35.5. The molecular weight excluding hydrogens is 485 g/mol. The summed E-state index contributed by atoms with van der Waals surface area (Å²) < 4.78 is 16.9. The lowest BCUT2D eigenvalue weighted by atomic mass is 10.1. The van der Waals surface area contributed by atoms with Gasteiger partial charge in [-0.2, -0.15) is 0 Å². The molecule has 0 fully saturated rings. The maximum Gasteiger partial charge on any atom is 0.260 e. The standard InChI is InChI=1S/C23H28ClN3O4S.ClH/c1-6-26(7-2)12-13-27(22(28)15-8-10-17(29-3)19(14-15)31-5)23-25-20-18(30-4)11-9-16(24)21(20)32-23;/h8-11,14H,6-7,12-13H2,1-5H3;1H. The van der Waals surface area contributed by atoms with E-state index in [9.17, 15) is 4.79 Å². The van der Waals surface area contributed by atoms with Crippen LogP contribution in [0.3, 0.4) is 0 Å². The number of ether oxygens (including phenoxy) is 3. The van der Waals surface area contributed by atoms with Gasteiger partial charge in [0.2, 0.25) is 0 Å². The highest BCUT2D eigenvalue weighted by Crippen LogP contribution is 2.39. The highest BCUT2D eigenvalue weighted by Gasteiger charge is 2.24. The normalized spacial score (nSPS) is 10.8. The number of carbonyl (C=O) groups excluding carboxylic acids is 1. The Morgan fingerprint density at radius 3 is 2.21 bits per heavy atom. The van der Waals surface area contributed by atoms with Gasteiger partial charge >= 0.3 is 0 Å². The molecule has 33 heavy (non-hydrogen) atoms. The second-order valence-corrected chi connectivity index (χ2v) is 8.36. The molecule has 0 radical (unpaired) electrons. The average molecular weight is 514 g/mol. The number of thiazole rings is 1. The number of carbonyl (C=O) groups is 1. The van der Waals surface area contributed by atoms with Crippen LogP contribution in [0.25, 0.3) is 10.2 Å². The molecule has 0 N–H and O–H groups in total. The monoisotopic (exact) mass is 513 g/mol. The third kappa shape index (κ3) is 5.81. The first-order valence-electron chi connectivity index (χ1n) is 10.4. The number of rotatable bonds is 10. The van der Waals surface area contributed by atoms with E-state index < -0.39 is 0 Å². The van der Waals surface area contributed by atoms with Gasteiger partial charge in [-0.1, -0.05) is 36.8 Å². The van der Waals surface area contributed by atoms with Gasteiger partial charge in [-0.05, 0) is 43.4 Å². The van der Waals surface area contributed by atoms with Crippen molar-refractivity contribution < 1.29 is 19.0 Å². The number of benzene rings is 2. The zero-order chi connectivity index (χ0) is 23.3. The van der Waals surface area contributed by atoms with Crippen LogP contribution in [-0.2, 0) is 0 Å². The maximum atomic E-state index is 13.6. The van der Waals surface area contributed by atoms with Crippen LogP contribution in [0.15, 0.2) is 30.3 Å². The lowest BCUT2D eigenvalue weighted by Gasteiger charge is -2.25. The predicted molar refractivity (Wildman–Crippen MR) is 137 cm³/mol. The molecule has 1 amide bonds. The Bertz CT molecular complexity index is 1090. The average Bonchev–Trinajstić information content (AvgIpc) is 3.27. The molecule has 0 atom stereocenters. The number of aromatic nitrogens is 1. The van der Waals surface area contributed by atoms with Crippen molar-refractivity contribution >= 4 is 56.6 Å². The Hall–Kier alpha value is -2.26. The van der Waals surface area contributed by atoms with Gasteiger partial charge in [-0.3, -0.25) is 9.69 Å². The van der Waals surface area contributed by atoms with Crippen LogP contribution in [0, 0.1) is 0 Å². The van der Waals surface area contributed by atoms with Crippen molar-refractivity contribution in [1.29, 1.82) is 0 Å². The molecule has 0 saturated heterocycles. The van der Waals surface area contributed by atoms with Crippen molar-refractivity contribution in [2.24, 2.45) is 0 Å². The SMILES string of the molecule is CCN(CC)CCN(C(=O)c1ccc(OC)c(OC)c1)c1nc2c(OC)ccc(Cl)c2s1.Cl. The van der Waals surface area contributed by atoms with Crippen molar-refractivity contribution in [2.75, 3.05) is 52.4 Å². The number of hydrogen-bond donors (Lipinski definition) is 0. The maximum absolute atomic E-state index is 13.6. The highest BCUT2D eigenvalue weighted by molar-refractivity contribution is 7.23. The Kier molecular flexibility index (Phi) is 10.0. The van der Waals surface area contributed by atoms with Crippen LogP contribution in [0.2, 0.25) is 5.02 Å². The second kappa shape index (κ2) is 12.3. The number of likely N-dealkylation sites (N-methyl/N-ethyl adjacent to an activating group) is 1. The molecule has 7 nitrogen and oxygen atoms in total. The summed E-state index contributed by atoms with van der Waals surface area (Å²) in [6, 6.07) is 8.71. The Morgan fingerprint density at radius 1 is 0.970 bits per heavy atom. The number of amides is 1. The fraction of sp³-hybridized carbons (Fsp3) is 0.391. The molecule has 1 aromatic heterocycles. The summed E-state index contributed by atoms with van der Waals surface area (Å²) in [6.07, 6.45) is 0. The molecule has 2 aromatic carbocycles. The number of hydrogen-bond acceptors (Lipinski definition) is 7. The van der Waals surface area contributed by atoms with E-state index in [0.717, 1.165) is 17.8 Å². The molecule has 3 aromatic rings. The van der Waals surface area contributed by atoms with Crippen LogP contribution >= 0.6 is 35.3 Å². The Labute approximate surface area is 209 Å². The molecular formula is C23H29Cl2N3O4S. The molecule has 0 spiro atoms. The lowest BCUT2D eigenvalue weighted by Crippen LogP contribution is -2.38. The fourth-order valence-corrected chi connectivity index (χ4v) is 4.69. The minimum absolute atomic E-state index is 0. The molecule has 180 valence electrons. The van der Waals surface area contributed by atoms with Crippen LogP contribution in [0.4, 0.5) is 5.13 Å². The first-order valence-corrected chi connectivity index (χ1v) is 11.6. The summed E-state index contributed by atoms with van der Waals surface area (Å²) in [5, 5.41) is 1.14. The summed E-state index contributed by atoms with van der Waals surface area (Å²) in [4.78, 5) is 22.3. The number of nitrogens with zero attached hydrogens (tertiary/aromatic N) is 3. The Morgan fingerprint density at radius 2 is 1.61 bits per heavy atom. The molecule has 3 rings (SSSR count). The Balaban J connectivity index is 0.00000385. The minimum atomic E-state index is -0.174. The van der Waals surface area contributed by atoms with Gasteiger partial charge in [-0.25, -0.2) is 4.98 Å². The van der Waals surface area contributed by atoms with Gasteiger partial charge in [0.25, 0.3) is 5.91 Å². The van der Waals surface area contributed by atoms with Gasteiger partial charge in [0.05, 0.1) is 31.1 Å². The molecule has 0 bridgehead atoms. The number of halogens is 2. The largest absolute Gasteiger partial charge is 0.494 e. The summed E-state index contributed by atoms with van der Waals surface area (Å²) in [5.41, 5.74) is 1.13. The first-order chi connectivity index (χ1) is 15.5. The zero-order valence-electron chi connectivity index (χ0n) is 19.4. The fourth-order valence-electron chi connectivity index (χ4n) is 3.41. The van der Waals surface area contributed by atoms with E-state index in [0.29, 0.717) is 51.6 Å². The number of anilines is 1. The lowest BCUT2D eigenvalue weighted by molar-refractivity contribution is 0.0983. The van der Waals surface area contributed by atoms with Crippen molar-refractivity contribution in [1.82, 2.24) is 9.88 Å². The summed E-state index contributed by atoms with van der Waals surface area (Å²) in [7, 11) is 4.70. The van der Waals surface area contributed by atoms with Crippen LogP contribution in [0.5, 0.6) is 17.2 Å². The predicted octanol–water partition coefficient (Wildman–Crippen LogP) is 5.39. The summed E-state index contributed by atoms with van der Waals surface area (Å²) in [5.74, 6) is 1.51. The van der Waals surface area contributed by atoms with Crippen LogP contribution in [0.1, 0.15) is 24.2 Å². The summed E-state index contributed by atoms with van der Waals surface area (Å²) >= 11 is 7.80. The van der Waals surface area contributed by atoms with E-state index in [-0.39, 0.29) is 18.3 Å². The van der Waals surface area contributed by atoms with E-state index in [1.54, 1.807) is 56.6 Å². The molecule has 0 aliphatic rings. The topological polar surface area (TPSA) is 64.1 Å². The molecule has 0 aliphatic heterocycles. The molecule has 0 saturated carbocycles. The van der Waals surface area contributed by atoms with Crippen molar-refractivity contribution in [3.63, 3.8) is 0 Å². The van der Waals surface area contributed by atoms with Gasteiger partial charge in [0.1, 0.15) is 11.3 Å². The molecule has 0 aliphatic carbocycles. The summed E-state index contributed by atoms with van der Waals surface area (Å²) in [6.45, 7) is 7.20. The van der Waals surface area contributed by atoms with Crippen molar-refractivity contribution in [3.05, 3.63) is 40.9 Å². The van der Waals surface area contributed by atoms with Crippen molar-refractivity contribution in [2.45, 2.75) is 13.8 Å². The number of methoxy groups -OCH3 is 3. The van der Waals surface area contributed by atoms with E-state index in [4.69, 9.17) is 30.8 Å². The molecule has 0 unspecified atom stereocenters. The van der Waals surface area contributed by atoms with E-state index in [2.05, 4.69) is 18.7 Å². The quantitative estimate of drug-likeness (QED) is 0.362. The van der Waals surface area contributed by atoms with E-state index in [1.165, 1.54) is 11.3 Å². The second-order valence-electron chi connectivity index (χ2n) is 6.98. The van der Waals surface area contributed by atoms with E-state index in [1.807, 2.05) is 0 Å². The third-order valence-electron chi connectivity index (χ3n) is 5.31. The van der Waals surface area contributed by atoms with Gasteiger partial charge in [0.15, 0.2) is 16.6 Å². The van der Waals surface area contributed by atoms with Gasteiger partial charge in [-0.15, -0.1) is 12.4 Å². The van der Waals surface area contributed by atoms with E-state index >= 15 is 0 Å². The zero-order valence-corrected chi connectivity index (χ0v) is 21.8. The van der Waals surface area contributed by atoms with Crippen LogP contribution < -0.4 is 19.1 Å². The van der Waals surface area contributed by atoms with Crippen LogP contribution in [-0.4, -0.2) is 63.3 Å². The minimum Gasteiger partial charge on any atom is -0.494 e. The third-order valence-corrected chi connectivity index (χ3v) is 6.85. The molecule has 10 heteroatoms. The molecule has 1 heterocycles. The number of fused-ring (bicyclic) bond motifs is 1. The van der Waals surface area contributed by atoms with Gasteiger partial charge < -0.3 is 19.1 Å². The van der Waals surface area contributed by atoms with Crippen molar-refractivity contribution in [3.8, 4) is 17.2 Å². The smallest absolute Gasteiger partial charge is 0.260 e.